The highest BCUT2D eigenvalue weighted by Gasteiger charge is 2.15. The van der Waals surface area contributed by atoms with Crippen LogP contribution in [0.25, 0.3) is 10.9 Å². The summed E-state index contributed by atoms with van der Waals surface area (Å²) in [6.45, 7) is 3.56. The Kier molecular flexibility index (Phi) is 3.70. The van der Waals surface area contributed by atoms with Gasteiger partial charge in [0.1, 0.15) is 0 Å². The number of aromatic carboxylic acids is 1. The summed E-state index contributed by atoms with van der Waals surface area (Å²) in [5, 5.41) is 9.54. The van der Waals surface area contributed by atoms with Crippen molar-refractivity contribution in [3.63, 3.8) is 0 Å². The molecule has 0 aliphatic heterocycles. The number of aryl methyl sites for hydroxylation is 1. The molecule has 116 valence electrons. The van der Waals surface area contributed by atoms with Gasteiger partial charge in [0, 0.05) is 6.20 Å². The summed E-state index contributed by atoms with van der Waals surface area (Å²) in [5.41, 5.74) is 1.73. The second-order valence-corrected chi connectivity index (χ2v) is 5.47. The summed E-state index contributed by atoms with van der Waals surface area (Å²) in [5.74, 6) is -1.08. The van der Waals surface area contributed by atoms with Crippen LogP contribution in [0.1, 0.15) is 34.6 Å². The highest BCUT2D eigenvalue weighted by molar-refractivity contribution is 5.93. The lowest BCUT2D eigenvalue weighted by atomic mass is 10.1. The smallest absolute Gasteiger partial charge is 0.337 e. The van der Waals surface area contributed by atoms with Crippen LogP contribution in [0.15, 0.2) is 53.5 Å². The molecule has 1 N–H and O–H groups in total. The van der Waals surface area contributed by atoms with E-state index in [-0.39, 0.29) is 17.2 Å². The van der Waals surface area contributed by atoms with Gasteiger partial charge in [0.15, 0.2) is 0 Å². The van der Waals surface area contributed by atoms with Crippen LogP contribution < -0.4 is 5.56 Å². The standard InChI is InChI=1S/C18H16N2O3/c1-11-14(18(22)23)10-15-16(19-11)8-9-20(17(15)21)12(2)13-6-4-3-5-7-13/h3-10,12H,1-2H3,(H,22,23). The molecule has 2 aromatic heterocycles. The van der Waals surface area contributed by atoms with E-state index in [0.29, 0.717) is 16.6 Å². The SMILES string of the molecule is Cc1nc2ccn(C(C)c3ccccc3)c(=O)c2cc1C(=O)O. The molecular weight excluding hydrogens is 292 g/mol. The van der Waals surface area contributed by atoms with Gasteiger partial charge in [-0.3, -0.25) is 9.78 Å². The first kappa shape index (κ1) is 15.0. The van der Waals surface area contributed by atoms with Gasteiger partial charge >= 0.3 is 5.97 Å². The third-order valence-corrected chi connectivity index (χ3v) is 4.03. The molecule has 5 nitrogen and oxygen atoms in total. The van der Waals surface area contributed by atoms with Crippen LogP contribution in [0.2, 0.25) is 0 Å². The molecule has 3 rings (SSSR count). The maximum Gasteiger partial charge on any atom is 0.337 e. The molecule has 0 radical (unpaired) electrons. The van der Waals surface area contributed by atoms with E-state index in [1.54, 1.807) is 23.8 Å². The van der Waals surface area contributed by atoms with E-state index < -0.39 is 5.97 Å². The topological polar surface area (TPSA) is 72.2 Å². The predicted molar refractivity (Wildman–Crippen MR) is 88.0 cm³/mol. The van der Waals surface area contributed by atoms with E-state index >= 15 is 0 Å². The summed E-state index contributed by atoms with van der Waals surface area (Å²) in [6.07, 6.45) is 1.70. The number of fused-ring (bicyclic) bond motifs is 1. The number of carboxylic acid groups (broad SMARTS) is 1. The number of hydrogen-bond acceptors (Lipinski definition) is 3. The fraction of sp³-hybridized carbons (Fsp3) is 0.167. The Balaban J connectivity index is 2.21. The van der Waals surface area contributed by atoms with Crippen LogP contribution in [-0.4, -0.2) is 20.6 Å². The van der Waals surface area contributed by atoms with Crippen molar-refractivity contribution in [3.05, 3.63) is 75.8 Å². The second kappa shape index (κ2) is 5.68. The molecule has 5 heteroatoms. The Labute approximate surface area is 132 Å². The van der Waals surface area contributed by atoms with Crippen LogP contribution >= 0.6 is 0 Å². The Hall–Kier alpha value is -2.95. The average Bonchev–Trinajstić information content (AvgIpc) is 2.54. The van der Waals surface area contributed by atoms with Crippen LogP contribution in [0, 0.1) is 6.92 Å². The van der Waals surface area contributed by atoms with E-state index in [1.165, 1.54) is 6.07 Å². The van der Waals surface area contributed by atoms with Crippen LogP contribution in [-0.2, 0) is 0 Å². The van der Waals surface area contributed by atoms with E-state index in [0.717, 1.165) is 5.56 Å². The van der Waals surface area contributed by atoms with Crippen molar-refractivity contribution in [1.82, 2.24) is 9.55 Å². The molecule has 0 saturated heterocycles. The van der Waals surface area contributed by atoms with Crippen LogP contribution in [0.4, 0.5) is 0 Å². The molecule has 0 aliphatic carbocycles. The molecule has 0 amide bonds. The second-order valence-electron chi connectivity index (χ2n) is 5.47. The van der Waals surface area contributed by atoms with Gasteiger partial charge in [0.2, 0.25) is 0 Å². The minimum absolute atomic E-state index is 0.0553. The lowest BCUT2D eigenvalue weighted by molar-refractivity contribution is 0.0696. The molecule has 2 heterocycles. The Morgan fingerprint density at radius 3 is 2.57 bits per heavy atom. The first-order valence-electron chi connectivity index (χ1n) is 7.30. The largest absolute Gasteiger partial charge is 0.478 e. The van der Waals surface area contributed by atoms with Crippen molar-refractivity contribution >= 4 is 16.9 Å². The van der Waals surface area contributed by atoms with Gasteiger partial charge in [0.25, 0.3) is 5.56 Å². The number of carboxylic acids is 1. The molecule has 0 saturated carbocycles. The summed E-state index contributed by atoms with van der Waals surface area (Å²) >= 11 is 0. The number of rotatable bonds is 3. The molecule has 0 fully saturated rings. The quantitative estimate of drug-likeness (QED) is 0.807. The summed E-state index contributed by atoms with van der Waals surface area (Å²) < 4.78 is 1.60. The number of hydrogen-bond donors (Lipinski definition) is 1. The number of pyridine rings is 2. The molecule has 3 aromatic rings. The Morgan fingerprint density at radius 1 is 1.22 bits per heavy atom. The maximum absolute atomic E-state index is 12.8. The lowest BCUT2D eigenvalue weighted by Gasteiger charge is -2.16. The van der Waals surface area contributed by atoms with Crippen LogP contribution in [0.3, 0.4) is 0 Å². The molecule has 1 unspecified atom stereocenters. The molecule has 1 aromatic carbocycles. The molecular formula is C18H16N2O3. The Morgan fingerprint density at radius 2 is 1.91 bits per heavy atom. The maximum atomic E-state index is 12.8. The van der Waals surface area contributed by atoms with Gasteiger partial charge in [-0.1, -0.05) is 30.3 Å². The fourth-order valence-electron chi connectivity index (χ4n) is 2.69. The number of carbonyl (C=O) groups is 1. The summed E-state index contributed by atoms with van der Waals surface area (Å²) in [4.78, 5) is 28.3. The lowest BCUT2D eigenvalue weighted by Crippen LogP contribution is -2.24. The fourth-order valence-corrected chi connectivity index (χ4v) is 2.69. The normalized spacial score (nSPS) is 12.3. The van der Waals surface area contributed by atoms with Crippen molar-refractivity contribution in [1.29, 1.82) is 0 Å². The zero-order valence-electron chi connectivity index (χ0n) is 12.9. The highest BCUT2D eigenvalue weighted by atomic mass is 16.4. The minimum atomic E-state index is -1.08. The van der Waals surface area contributed by atoms with Gasteiger partial charge in [-0.15, -0.1) is 0 Å². The summed E-state index contributed by atoms with van der Waals surface area (Å²) in [6, 6.07) is 12.7. The zero-order valence-corrected chi connectivity index (χ0v) is 12.9. The molecule has 0 bridgehead atoms. The summed E-state index contributed by atoms with van der Waals surface area (Å²) in [7, 11) is 0. The van der Waals surface area contributed by atoms with Gasteiger partial charge in [0.05, 0.1) is 28.2 Å². The van der Waals surface area contributed by atoms with Gasteiger partial charge in [-0.05, 0) is 31.5 Å². The van der Waals surface area contributed by atoms with Crippen molar-refractivity contribution in [3.8, 4) is 0 Å². The third-order valence-electron chi connectivity index (χ3n) is 4.03. The van der Waals surface area contributed by atoms with Crippen molar-refractivity contribution in [2.75, 3.05) is 0 Å². The highest BCUT2D eigenvalue weighted by Crippen LogP contribution is 2.18. The zero-order chi connectivity index (χ0) is 16.6. The van der Waals surface area contributed by atoms with Gasteiger partial charge in [-0.2, -0.15) is 0 Å². The van der Waals surface area contributed by atoms with Crippen molar-refractivity contribution in [2.45, 2.75) is 19.9 Å². The Bertz CT molecular complexity index is 946. The van der Waals surface area contributed by atoms with E-state index in [2.05, 4.69) is 4.98 Å². The van der Waals surface area contributed by atoms with Crippen molar-refractivity contribution in [2.24, 2.45) is 0 Å². The van der Waals surface area contributed by atoms with Crippen LogP contribution in [0.5, 0.6) is 0 Å². The number of aromatic nitrogens is 2. The van der Waals surface area contributed by atoms with Crippen molar-refractivity contribution < 1.29 is 9.90 Å². The monoisotopic (exact) mass is 308 g/mol. The van der Waals surface area contributed by atoms with Gasteiger partial charge < -0.3 is 9.67 Å². The average molecular weight is 308 g/mol. The van der Waals surface area contributed by atoms with E-state index in [9.17, 15) is 14.7 Å². The minimum Gasteiger partial charge on any atom is -0.478 e. The molecule has 23 heavy (non-hydrogen) atoms. The molecule has 1 atom stereocenters. The van der Waals surface area contributed by atoms with Gasteiger partial charge in [-0.25, -0.2) is 4.79 Å². The third kappa shape index (κ3) is 2.61. The number of nitrogens with zero attached hydrogens (tertiary/aromatic N) is 2. The molecule has 0 spiro atoms. The predicted octanol–water partition coefficient (Wildman–Crippen LogP) is 3.01. The first-order chi connectivity index (χ1) is 11.0. The van der Waals surface area contributed by atoms with E-state index in [4.69, 9.17) is 0 Å². The van der Waals surface area contributed by atoms with E-state index in [1.807, 2.05) is 37.3 Å². The number of benzene rings is 1. The molecule has 0 aliphatic rings. The first-order valence-corrected chi connectivity index (χ1v) is 7.30.